The molecule has 1 saturated heterocycles. The number of nitrogens with zero attached hydrogens (tertiary/aromatic N) is 2. The standard InChI is InChI=1S/C14H25N3O3/c1-12-9-17(10-14(19-3)5-8-20-11-14)13(16-12)15-6-4-7-18-2/h9H,4-8,10-11H2,1-3H3,(H,15,16). The van der Waals surface area contributed by atoms with Crippen LogP contribution in [0.15, 0.2) is 6.20 Å². The second-order valence-electron chi connectivity index (χ2n) is 5.30. The summed E-state index contributed by atoms with van der Waals surface area (Å²) < 4.78 is 18.4. The number of rotatable bonds is 8. The Balaban J connectivity index is 1.99. The van der Waals surface area contributed by atoms with Crippen LogP contribution in [0.5, 0.6) is 0 Å². The van der Waals surface area contributed by atoms with Crippen LogP contribution >= 0.6 is 0 Å². The molecule has 6 heteroatoms. The Morgan fingerprint density at radius 1 is 1.50 bits per heavy atom. The molecule has 0 saturated carbocycles. The van der Waals surface area contributed by atoms with E-state index in [1.807, 2.05) is 6.92 Å². The SMILES string of the molecule is COCCCNc1nc(C)cn1CC1(OC)CCOC1. The lowest BCUT2D eigenvalue weighted by Gasteiger charge is -2.26. The van der Waals surface area contributed by atoms with E-state index in [-0.39, 0.29) is 5.60 Å². The third-order valence-corrected chi connectivity index (χ3v) is 3.66. The zero-order valence-electron chi connectivity index (χ0n) is 12.6. The molecule has 1 aliphatic heterocycles. The van der Waals surface area contributed by atoms with Crippen molar-refractivity contribution in [1.29, 1.82) is 0 Å². The van der Waals surface area contributed by atoms with Crippen LogP contribution in [0, 0.1) is 6.92 Å². The fraction of sp³-hybridized carbons (Fsp3) is 0.786. The minimum atomic E-state index is -0.226. The summed E-state index contributed by atoms with van der Waals surface area (Å²) >= 11 is 0. The van der Waals surface area contributed by atoms with Gasteiger partial charge in [0.25, 0.3) is 0 Å². The van der Waals surface area contributed by atoms with Crippen molar-refractivity contribution in [3.63, 3.8) is 0 Å². The van der Waals surface area contributed by atoms with Crippen LogP contribution < -0.4 is 5.32 Å². The van der Waals surface area contributed by atoms with E-state index in [0.29, 0.717) is 6.61 Å². The summed E-state index contributed by atoms with van der Waals surface area (Å²) in [6, 6.07) is 0. The van der Waals surface area contributed by atoms with Gasteiger partial charge in [0, 0.05) is 46.6 Å². The van der Waals surface area contributed by atoms with E-state index in [9.17, 15) is 0 Å². The van der Waals surface area contributed by atoms with Crippen molar-refractivity contribution in [2.75, 3.05) is 45.9 Å². The van der Waals surface area contributed by atoms with Gasteiger partial charge in [-0.15, -0.1) is 0 Å². The predicted molar refractivity (Wildman–Crippen MR) is 77.1 cm³/mol. The van der Waals surface area contributed by atoms with Crippen molar-refractivity contribution in [3.05, 3.63) is 11.9 Å². The maximum Gasteiger partial charge on any atom is 0.203 e. The summed E-state index contributed by atoms with van der Waals surface area (Å²) in [5, 5.41) is 3.36. The lowest BCUT2D eigenvalue weighted by molar-refractivity contribution is -0.0291. The molecule has 1 aromatic rings. The molecule has 1 fully saturated rings. The molecule has 1 unspecified atom stereocenters. The van der Waals surface area contributed by atoms with Gasteiger partial charge >= 0.3 is 0 Å². The van der Waals surface area contributed by atoms with Crippen LogP contribution in [0.1, 0.15) is 18.5 Å². The number of imidazole rings is 1. The molecule has 6 nitrogen and oxygen atoms in total. The molecule has 20 heavy (non-hydrogen) atoms. The van der Waals surface area contributed by atoms with Crippen molar-refractivity contribution < 1.29 is 14.2 Å². The highest BCUT2D eigenvalue weighted by atomic mass is 16.5. The number of methoxy groups -OCH3 is 2. The lowest BCUT2D eigenvalue weighted by atomic mass is 10.0. The first-order chi connectivity index (χ1) is 9.69. The average molecular weight is 283 g/mol. The minimum Gasteiger partial charge on any atom is -0.385 e. The smallest absolute Gasteiger partial charge is 0.203 e. The summed E-state index contributed by atoms with van der Waals surface area (Å²) in [6.07, 6.45) is 3.93. The van der Waals surface area contributed by atoms with Gasteiger partial charge in [-0.3, -0.25) is 0 Å². The van der Waals surface area contributed by atoms with Crippen LogP contribution in [0.3, 0.4) is 0 Å². The average Bonchev–Trinajstić information content (AvgIpc) is 3.03. The van der Waals surface area contributed by atoms with E-state index >= 15 is 0 Å². The predicted octanol–water partition coefficient (Wildman–Crippen LogP) is 1.45. The molecule has 0 bridgehead atoms. The van der Waals surface area contributed by atoms with E-state index in [1.54, 1.807) is 14.2 Å². The largest absolute Gasteiger partial charge is 0.385 e. The monoisotopic (exact) mass is 283 g/mol. The van der Waals surface area contributed by atoms with Gasteiger partial charge in [-0.2, -0.15) is 0 Å². The van der Waals surface area contributed by atoms with Crippen LogP contribution in [0.4, 0.5) is 5.95 Å². The summed E-state index contributed by atoms with van der Waals surface area (Å²) in [5.74, 6) is 0.891. The first kappa shape index (κ1) is 15.3. The molecule has 0 spiro atoms. The number of ether oxygens (including phenoxy) is 3. The zero-order chi connectivity index (χ0) is 14.4. The second kappa shape index (κ2) is 7.06. The number of anilines is 1. The molecular weight excluding hydrogens is 258 g/mol. The summed E-state index contributed by atoms with van der Waals surface area (Å²) in [5.41, 5.74) is 0.778. The van der Waals surface area contributed by atoms with E-state index in [4.69, 9.17) is 14.2 Å². The number of hydrogen-bond donors (Lipinski definition) is 1. The van der Waals surface area contributed by atoms with Gasteiger partial charge < -0.3 is 24.1 Å². The Morgan fingerprint density at radius 3 is 3.00 bits per heavy atom. The normalized spacial score (nSPS) is 22.4. The van der Waals surface area contributed by atoms with E-state index in [0.717, 1.165) is 50.8 Å². The Bertz CT molecular complexity index is 414. The molecule has 114 valence electrons. The van der Waals surface area contributed by atoms with Crippen molar-refractivity contribution in [3.8, 4) is 0 Å². The Kier molecular flexibility index (Phi) is 5.39. The van der Waals surface area contributed by atoms with Gasteiger partial charge in [-0.25, -0.2) is 4.98 Å². The van der Waals surface area contributed by atoms with Crippen LogP contribution in [0.2, 0.25) is 0 Å². The van der Waals surface area contributed by atoms with Crippen LogP contribution in [0.25, 0.3) is 0 Å². The number of hydrogen-bond acceptors (Lipinski definition) is 5. The van der Waals surface area contributed by atoms with Crippen LogP contribution in [-0.4, -0.2) is 55.7 Å². The molecule has 1 N–H and O–H groups in total. The molecule has 0 aliphatic carbocycles. The molecule has 1 aromatic heterocycles. The fourth-order valence-corrected chi connectivity index (χ4v) is 2.47. The highest BCUT2D eigenvalue weighted by Crippen LogP contribution is 2.26. The quantitative estimate of drug-likeness (QED) is 0.732. The summed E-state index contributed by atoms with van der Waals surface area (Å²) in [7, 11) is 3.47. The Hall–Kier alpha value is -1.11. The highest BCUT2D eigenvalue weighted by molar-refractivity contribution is 5.29. The lowest BCUT2D eigenvalue weighted by Crippen LogP contribution is -2.37. The second-order valence-corrected chi connectivity index (χ2v) is 5.30. The molecule has 0 aromatic carbocycles. The maximum absolute atomic E-state index is 5.69. The van der Waals surface area contributed by atoms with Gasteiger partial charge in [-0.05, 0) is 13.3 Å². The molecule has 0 radical (unpaired) electrons. The van der Waals surface area contributed by atoms with E-state index in [1.165, 1.54) is 0 Å². The molecule has 2 heterocycles. The zero-order valence-corrected chi connectivity index (χ0v) is 12.6. The van der Waals surface area contributed by atoms with Crippen molar-refractivity contribution in [2.24, 2.45) is 0 Å². The summed E-state index contributed by atoms with van der Waals surface area (Å²) in [6.45, 7) is 5.77. The molecule has 1 atom stereocenters. The third kappa shape index (κ3) is 3.71. The maximum atomic E-state index is 5.69. The van der Waals surface area contributed by atoms with Crippen molar-refractivity contribution >= 4 is 5.95 Å². The molecular formula is C14H25N3O3. The van der Waals surface area contributed by atoms with Gasteiger partial charge in [0.15, 0.2) is 0 Å². The summed E-state index contributed by atoms with van der Waals surface area (Å²) in [4.78, 5) is 4.53. The molecule has 0 amide bonds. The minimum absolute atomic E-state index is 0.226. The molecule has 2 rings (SSSR count). The first-order valence-corrected chi connectivity index (χ1v) is 7.08. The van der Waals surface area contributed by atoms with Gasteiger partial charge in [0.05, 0.1) is 18.8 Å². The highest BCUT2D eigenvalue weighted by Gasteiger charge is 2.36. The van der Waals surface area contributed by atoms with Gasteiger partial charge in [-0.1, -0.05) is 0 Å². The molecule has 1 aliphatic rings. The fourth-order valence-electron chi connectivity index (χ4n) is 2.47. The number of aromatic nitrogens is 2. The van der Waals surface area contributed by atoms with E-state index < -0.39 is 0 Å². The van der Waals surface area contributed by atoms with Crippen LogP contribution in [-0.2, 0) is 20.8 Å². The van der Waals surface area contributed by atoms with Gasteiger partial charge in [0.2, 0.25) is 5.95 Å². The number of nitrogens with one attached hydrogen (secondary N) is 1. The Morgan fingerprint density at radius 2 is 2.35 bits per heavy atom. The van der Waals surface area contributed by atoms with Gasteiger partial charge in [0.1, 0.15) is 5.60 Å². The van der Waals surface area contributed by atoms with Crippen molar-refractivity contribution in [1.82, 2.24) is 9.55 Å². The third-order valence-electron chi connectivity index (χ3n) is 3.66. The number of aryl methyl sites for hydroxylation is 1. The van der Waals surface area contributed by atoms with E-state index in [2.05, 4.69) is 21.1 Å². The first-order valence-electron chi connectivity index (χ1n) is 7.08. The Labute approximate surface area is 120 Å². The van der Waals surface area contributed by atoms with Crippen molar-refractivity contribution in [2.45, 2.75) is 31.9 Å². The topological polar surface area (TPSA) is 57.5 Å².